The lowest BCUT2D eigenvalue weighted by atomic mass is 10.2. The maximum Gasteiger partial charge on any atom is 0.390 e. The molecule has 3 rings (SSSR count). The second-order valence-corrected chi connectivity index (χ2v) is 5.93. The number of hydrogen-bond acceptors (Lipinski definition) is 8. The van der Waals surface area contributed by atoms with Gasteiger partial charge in [-0.25, -0.2) is 9.36 Å². The normalized spacial score (nSPS) is 10.3. The summed E-state index contributed by atoms with van der Waals surface area (Å²) in [6, 6.07) is 9.76. The van der Waals surface area contributed by atoms with Gasteiger partial charge in [0.2, 0.25) is 0 Å². The Labute approximate surface area is 157 Å². The largest absolute Gasteiger partial charge is 0.400 e. The van der Waals surface area contributed by atoms with Crippen LogP contribution in [0.1, 0.15) is 4.88 Å². The Morgan fingerprint density at radius 3 is 2.70 bits per heavy atom. The van der Waals surface area contributed by atoms with Crippen molar-refractivity contribution < 1.29 is 14.6 Å². The first-order valence-electron chi connectivity index (χ1n) is 7.52. The number of H-pyrrole nitrogens is 1. The highest BCUT2D eigenvalue weighted by Crippen LogP contribution is 2.26. The van der Waals surface area contributed by atoms with E-state index in [0.29, 0.717) is 10.7 Å². The molecule has 0 bridgehead atoms. The number of nitrogen functional groups attached to an aromatic ring is 1. The Balaban J connectivity index is 0.00000126. The Hall–Kier alpha value is -3.57. The van der Waals surface area contributed by atoms with Crippen LogP contribution < -0.4 is 20.6 Å². The molecule has 0 aliphatic carbocycles. The predicted octanol–water partition coefficient (Wildman–Crippen LogP) is 1.26. The number of pyridine rings is 1. The summed E-state index contributed by atoms with van der Waals surface area (Å²) in [5, 5.41) is 22.1. The van der Waals surface area contributed by atoms with Gasteiger partial charge in [0.1, 0.15) is 10.6 Å². The lowest BCUT2D eigenvalue weighted by molar-refractivity contribution is -0.599. The van der Waals surface area contributed by atoms with E-state index in [1.54, 1.807) is 17.0 Å². The van der Waals surface area contributed by atoms with E-state index in [1.807, 2.05) is 18.2 Å². The molecule has 3 aromatic rings. The molecule has 0 saturated heterocycles. The molecule has 0 radical (unpaired) electrons. The molecule has 0 fully saturated rings. The van der Waals surface area contributed by atoms with E-state index < -0.39 is 4.92 Å². The molecule has 2 heterocycles. The van der Waals surface area contributed by atoms with Crippen LogP contribution >= 0.6 is 11.3 Å². The van der Waals surface area contributed by atoms with Crippen molar-refractivity contribution in [1.29, 1.82) is 0 Å². The van der Waals surface area contributed by atoms with Crippen molar-refractivity contribution in [2.45, 2.75) is 0 Å². The average molecular weight is 389 g/mol. The molecule has 0 unspecified atom stereocenters. The van der Waals surface area contributed by atoms with Crippen molar-refractivity contribution in [2.75, 3.05) is 18.3 Å². The molecule has 1 aromatic carbocycles. The van der Waals surface area contributed by atoms with E-state index in [4.69, 9.17) is 10.8 Å². The zero-order valence-corrected chi connectivity index (χ0v) is 15.0. The Bertz CT molecular complexity index is 1000. The smallest absolute Gasteiger partial charge is 0.390 e. The van der Waals surface area contributed by atoms with Crippen molar-refractivity contribution in [1.82, 2.24) is 4.98 Å². The van der Waals surface area contributed by atoms with Crippen LogP contribution in [0.5, 0.6) is 0 Å². The fourth-order valence-corrected chi connectivity index (χ4v) is 2.82. The summed E-state index contributed by atoms with van der Waals surface area (Å²) >= 11 is 0.982. The standard InChI is InChI=1S/C15H12N6O3S.CH4O/c16-10-4-5-11(12(8-10)21(23)24)19-17-9-13-14(18-15(22)25-13)20-6-2-1-3-7-20;1-2/h1-9,19H,16H2;2H,1H3/p+1. The number of nitrogens with zero attached hydrogens (tertiary/aromatic N) is 3. The number of aliphatic hydroxyl groups excluding tert-OH is 1. The average Bonchev–Trinajstić information content (AvgIpc) is 3.05. The third-order valence-electron chi connectivity index (χ3n) is 3.22. The van der Waals surface area contributed by atoms with E-state index in [0.717, 1.165) is 18.4 Å². The fraction of sp³-hybridized carbons (Fsp3) is 0.0625. The number of aliphatic hydroxyl groups is 1. The van der Waals surface area contributed by atoms with Crippen LogP contribution in [-0.2, 0) is 0 Å². The van der Waals surface area contributed by atoms with Crippen molar-refractivity contribution in [3.05, 3.63) is 73.5 Å². The first kappa shape index (κ1) is 19.8. The quantitative estimate of drug-likeness (QED) is 0.170. The van der Waals surface area contributed by atoms with Gasteiger partial charge in [0.05, 0.1) is 23.5 Å². The highest BCUT2D eigenvalue weighted by atomic mass is 32.1. The lowest BCUT2D eigenvalue weighted by Gasteiger charge is -2.02. The summed E-state index contributed by atoms with van der Waals surface area (Å²) in [5.74, 6) is 0.563. The van der Waals surface area contributed by atoms with Crippen LogP contribution in [-0.4, -0.2) is 28.3 Å². The van der Waals surface area contributed by atoms with E-state index >= 15 is 0 Å². The van der Waals surface area contributed by atoms with Crippen LogP contribution in [0.25, 0.3) is 5.82 Å². The van der Waals surface area contributed by atoms with Crippen LogP contribution in [0, 0.1) is 10.1 Å². The van der Waals surface area contributed by atoms with Crippen LogP contribution in [0.2, 0.25) is 0 Å². The minimum Gasteiger partial charge on any atom is -0.400 e. The molecule has 0 atom stereocenters. The summed E-state index contributed by atoms with van der Waals surface area (Å²) < 4.78 is 1.74. The van der Waals surface area contributed by atoms with E-state index in [1.165, 1.54) is 24.4 Å². The van der Waals surface area contributed by atoms with Crippen molar-refractivity contribution in [2.24, 2.45) is 5.10 Å². The third kappa shape index (κ3) is 4.96. The molecule has 27 heavy (non-hydrogen) atoms. The third-order valence-corrected chi connectivity index (χ3v) is 4.02. The molecule has 0 aliphatic rings. The second kappa shape index (κ2) is 9.22. The Morgan fingerprint density at radius 2 is 2.04 bits per heavy atom. The number of anilines is 2. The highest BCUT2D eigenvalue weighted by Gasteiger charge is 2.16. The number of hydrazone groups is 1. The van der Waals surface area contributed by atoms with Gasteiger partial charge in [-0.2, -0.15) is 10.1 Å². The van der Waals surface area contributed by atoms with Gasteiger partial charge in [-0.15, -0.1) is 0 Å². The van der Waals surface area contributed by atoms with Crippen LogP contribution in [0.15, 0.2) is 58.7 Å². The minimum atomic E-state index is -0.547. The predicted molar refractivity (Wildman–Crippen MR) is 103 cm³/mol. The van der Waals surface area contributed by atoms with E-state index in [-0.39, 0.29) is 21.9 Å². The summed E-state index contributed by atoms with van der Waals surface area (Å²) in [4.78, 5) is 25.2. The molecule has 0 saturated carbocycles. The topological polar surface area (TPSA) is 151 Å². The number of benzene rings is 1. The number of aromatic nitrogens is 2. The molecule has 0 spiro atoms. The van der Waals surface area contributed by atoms with E-state index in [9.17, 15) is 14.9 Å². The molecular weight excluding hydrogens is 372 g/mol. The molecule has 10 nitrogen and oxygen atoms in total. The highest BCUT2D eigenvalue weighted by molar-refractivity contribution is 7.11. The Morgan fingerprint density at radius 1 is 1.33 bits per heavy atom. The fourth-order valence-electron chi connectivity index (χ4n) is 2.11. The van der Waals surface area contributed by atoms with Gasteiger partial charge >= 0.3 is 10.7 Å². The minimum absolute atomic E-state index is 0.183. The molecule has 0 amide bonds. The summed E-state index contributed by atoms with van der Waals surface area (Å²) in [6.07, 6.45) is 5.00. The number of nitrogens with two attached hydrogens (primary N) is 1. The van der Waals surface area contributed by atoms with Crippen molar-refractivity contribution >= 4 is 34.6 Å². The monoisotopic (exact) mass is 389 g/mol. The van der Waals surface area contributed by atoms with Crippen molar-refractivity contribution in [3.8, 4) is 5.82 Å². The SMILES string of the molecule is CO.Nc1ccc(NN=Cc2sc(=O)[nH]c2-[n+]2ccccc2)c([N+](=O)[O-])c1. The molecule has 140 valence electrons. The van der Waals surface area contributed by atoms with Gasteiger partial charge in [0, 0.05) is 18.9 Å². The van der Waals surface area contributed by atoms with Crippen molar-refractivity contribution in [3.63, 3.8) is 0 Å². The maximum atomic E-state index is 11.7. The zero-order chi connectivity index (χ0) is 19.8. The summed E-state index contributed by atoms with van der Waals surface area (Å²) in [7, 11) is 1.00. The first-order chi connectivity index (χ1) is 13.0. The number of thiazole rings is 1. The van der Waals surface area contributed by atoms with Gasteiger partial charge in [-0.3, -0.25) is 15.5 Å². The first-order valence-corrected chi connectivity index (χ1v) is 8.34. The summed E-state index contributed by atoms with van der Waals surface area (Å²) in [5.41, 5.74) is 8.48. The van der Waals surface area contributed by atoms with Gasteiger partial charge in [-0.05, 0) is 35.6 Å². The maximum absolute atomic E-state index is 11.7. The van der Waals surface area contributed by atoms with Crippen LogP contribution in [0.3, 0.4) is 0 Å². The van der Waals surface area contributed by atoms with Gasteiger partial charge in [0.15, 0.2) is 0 Å². The number of rotatable bonds is 5. The van der Waals surface area contributed by atoms with Crippen LogP contribution in [0.4, 0.5) is 17.1 Å². The number of aromatic amines is 1. The second-order valence-electron chi connectivity index (χ2n) is 4.91. The number of nitrogens with one attached hydrogen (secondary N) is 2. The molecular formula is C16H17N6O4S+. The van der Waals surface area contributed by atoms with E-state index in [2.05, 4.69) is 15.5 Å². The summed E-state index contributed by atoms with van der Waals surface area (Å²) in [6.45, 7) is 0. The van der Waals surface area contributed by atoms with Gasteiger partial charge < -0.3 is 10.8 Å². The van der Waals surface area contributed by atoms with Gasteiger partial charge in [-0.1, -0.05) is 6.07 Å². The number of nitro groups is 1. The Kier molecular flexibility index (Phi) is 6.74. The number of hydrogen-bond donors (Lipinski definition) is 4. The molecule has 11 heteroatoms. The van der Waals surface area contributed by atoms with Gasteiger partial charge in [0.25, 0.3) is 5.69 Å². The zero-order valence-electron chi connectivity index (χ0n) is 14.2. The molecule has 0 aliphatic heterocycles. The molecule has 2 aromatic heterocycles. The lowest BCUT2D eigenvalue weighted by Crippen LogP contribution is -2.31. The number of nitro benzene ring substituents is 1. The molecule has 5 N–H and O–H groups in total.